The van der Waals surface area contributed by atoms with Crippen LogP contribution in [0, 0.1) is 0 Å². The number of fused-ring (bicyclic) bond motifs is 1. The topological polar surface area (TPSA) is 87.3 Å². The number of halogens is 1. The van der Waals surface area contributed by atoms with E-state index in [-0.39, 0.29) is 23.2 Å². The van der Waals surface area contributed by atoms with Gasteiger partial charge in [-0.15, -0.1) is 12.4 Å². The molecule has 0 heterocycles. The second-order valence-corrected chi connectivity index (χ2v) is 6.82. The van der Waals surface area contributed by atoms with E-state index < -0.39 is 10.0 Å². The summed E-state index contributed by atoms with van der Waals surface area (Å²) >= 11 is 0. The molecular formula is C16H22ClN3O3S. The van der Waals surface area contributed by atoms with Gasteiger partial charge in [0.15, 0.2) is 0 Å². The van der Waals surface area contributed by atoms with Crippen molar-refractivity contribution in [3.8, 4) is 0 Å². The molecule has 0 aliphatic heterocycles. The molecule has 8 heteroatoms. The minimum atomic E-state index is -3.62. The quantitative estimate of drug-likeness (QED) is 0.650. The van der Waals surface area contributed by atoms with E-state index in [0.29, 0.717) is 29.5 Å². The molecule has 0 saturated heterocycles. The van der Waals surface area contributed by atoms with E-state index in [2.05, 4.69) is 15.4 Å². The largest absolute Gasteiger partial charge is 0.326 e. The highest BCUT2D eigenvalue weighted by atomic mass is 35.5. The van der Waals surface area contributed by atoms with Crippen LogP contribution in [0.3, 0.4) is 0 Å². The van der Waals surface area contributed by atoms with Gasteiger partial charge in [-0.2, -0.15) is 0 Å². The maximum Gasteiger partial charge on any atom is 0.241 e. The molecule has 2 aromatic rings. The van der Waals surface area contributed by atoms with E-state index in [1.165, 1.54) is 13.0 Å². The average molecular weight is 372 g/mol. The number of rotatable bonds is 7. The van der Waals surface area contributed by atoms with Gasteiger partial charge in [-0.1, -0.05) is 31.2 Å². The van der Waals surface area contributed by atoms with E-state index >= 15 is 0 Å². The first-order chi connectivity index (χ1) is 11.0. The highest BCUT2D eigenvalue weighted by Crippen LogP contribution is 2.29. The maximum atomic E-state index is 12.5. The van der Waals surface area contributed by atoms with Crippen molar-refractivity contribution in [3.63, 3.8) is 0 Å². The number of carbonyl (C=O) groups is 1. The summed E-state index contributed by atoms with van der Waals surface area (Å²) in [7, 11) is -3.62. The first kappa shape index (κ1) is 20.4. The SMILES string of the molecule is CCNCCNS(=O)(=O)c1ccc(NC(C)=O)c2ccccc12.Cl. The van der Waals surface area contributed by atoms with Crippen LogP contribution < -0.4 is 15.4 Å². The lowest BCUT2D eigenvalue weighted by molar-refractivity contribution is -0.114. The number of amides is 1. The number of likely N-dealkylation sites (N-methyl/N-ethyl adjacent to an activating group) is 1. The molecule has 0 aliphatic carbocycles. The van der Waals surface area contributed by atoms with Gasteiger partial charge in [0.25, 0.3) is 0 Å². The third-order valence-corrected chi connectivity index (χ3v) is 4.85. The molecule has 0 bridgehead atoms. The normalized spacial score (nSPS) is 11.1. The fraction of sp³-hybridized carbons (Fsp3) is 0.312. The van der Waals surface area contributed by atoms with Gasteiger partial charge in [0, 0.05) is 36.5 Å². The number of hydrogen-bond acceptors (Lipinski definition) is 4. The molecule has 0 spiro atoms. The molecular weight excluding hydrogens is 350 g/mol. The van der Waals surface area contributed by atoms with Crippen LogP contribution in [0.5, 0.6) is 0 Å². The van der Waals surface area contributed by atoms with Crippen molar-refractivity contribution in [2.45, 2.75) is 18.7 Å². The predicted molar refractivity (Wildman–Crippen MR) is 99.2 cm³/mol. The van der Waals surface area contributed by atoms with Crippen LogP contribution in [0.1, 0.15) is 13.8 Å². The van der Waals surface area contributed by atoms with Gasteiger partial charge in [0.05, 0.1) is 4.90 Å². The maximum absolute atomic E-state index is 12.5. The summed E-state index contributed by atoms with van der Waals surface area (Å²) in [5.41, 5.74) is 0.597. The van der Waals surface area contributed by atoms with E-state index in [9.17, 15) is 13.2 Å². The summed E-state index contributed by atoms with van der Waals surface area (Å²) in [6, 6.07) is 10.2. The Hall–Kier alpha value is -1.67. The zero-order valence-electron chi connectivity index (χ0n) is 13.6. The molecule has 0 atom stereocenters. The minimum Gasteiger partial charge on any atom is -0.326 e. The van der Waals surface area contributed by atoms with Gasteiger partial charge in [-0.3, -0.25) is 4.79 Å². The molecule has 132 valence electrons. The van der Waals surface area contributed by atoms with Crippen LogP contribution in [0.25, 0.3) is 10.8 Å². The van der Waals surface area contributed by atoms with Crippen LogP contribution in [-0.4, -0.2) is 34.0 Å². The number of hydrogen-bond donors (Lipinski definition) is 3. The van der Waals surface area contributed by atoms with Crippen LogP contribution in [-0.2, 0) is 14.8 Å². The second-order valence-electron chi connectivity index (χ2n) is 5.09. The molecule has 2 aromatic carbocycles. The Morgan fingerprint density at radius 1 is 1.04 bits per heavy atom. The zero-order valence-corrected chi connectivity index (χ0v) is 15.3. The molecule has 0 aliphatic rings. The molecule has 0 fully saturated rings. The predicted octanol–water partition coefficient (Wildman–Crippen LogP) is 2.11. The number of carbonyl (C=O) groups excluding carboxylic acids is 1. The van der Waals surface area contributed by atoms with E-state index in [0.717, 1.165) is 6.54 Å². The third-order valence-electron chi connectivity index (χ3n) is 3.33. The summed E-state index contributed by atoms with van der Waals surface area (Å²) in [6.45, 7) is 5.05. The van der Waals surface area contributed by atoms with Crippen LogP contribution in [0.2, 0.25) is 0 Å². The monoisotopic (exact) mass is 371 g/mol. The van der Waals surface area contributed by atoms with Crippen molar-refractivity contribution in [3.05, 3.63) is 36.4 Å². The van der Waals surface area contributed by atoms with E-state index in [4.69, 9.17) is 0 Å². The number of sulfonamides is 1. The van der Waals surface area contributed by atoms with Crippen molar-refractivity contribution >= 4 is 44.8 Å². The van der Waals surface area contributed by atoms with Crippen LogP contribution in [0.4, 0.5) is 5.69 Å². The average Bonchev–Trinajstić information content (AvgIpc) is 2.51. The summed E-state index contributed by atoms with van der Waals surface area (Å²) in [6.07, 6.45) is 0. The molecule has 0 radical (unpaired) electrons. The van der Waals surface area contributed by atoms with Gasteiger partial charge in [-0.25, -0.2) is 13.1 Å². The minimum absolute atomic E-state index is 0. The van der Waals surface area contributed by atoms with Crippen LogP contribution >= 0.6 is 12.4 Å². The van der Waals surface area contributed by atoms with Gasteiger partial charge in [-0.05, 0) is 18.7 Å². The Kier molecular flexibility index (Phi) is 7.62. The Bertz CT molecular complexity index is 809. The fourth-order valence-corrected chi connectivity index (χ4v) is 3.57. The van der Waals surface area contributed by atoms with Crippen molar-refractivity contribution < 1.29 is 13.2 Å². The standard InChI is InChI=1S/C16H21N3O3S.ClH/c1-3-17-10-11-18-23(21,22)16-9-8-15(19-12(2)20)13-6-4-5-7-14(13)16;/h4-9,17-18H,3,10-11H2,1-2H3,(H,19,20);1H. The highest BCUT2D eigenvalue weighted by molar-refractivity contribution is 7.89. The van der Waals surface area contributed by atoms with E-state index in [1.807, 2.05) is 13.0 Å². The Morgan fingerprint density at radius 3 is 2.33 bits per heavy atom. The first-order valence-corrected chi connectivity index (χ1v) is 8.93. The summed E-state index contributed by atoms with van der Waals surface area (Å²) < 4.78 is 27.6. The van der Waals surface area contributed by atoms with Gasteiger partial charge >= 0.3 is 0 Å². The van der Waals surface area contributed by atoms with Crippen molar-refractivity contribution in [2.75, 3.05) is 25.0 Å². The molecule has 2 rings (SSSR count). The molecule has 6 nitrogen and oxygen atoms in total. The van der Waals surface area contributed by atoms with Gasteiger partial charge in [0.2, 0.25) is 15.9 Å². The van der Waals surface area contributed by atoms with Crippen LogP contribution in [0.15, 0.2) is 41.3 Å². The Labute approximate surface area is 148 Å². The first-order valence-electron chi connectivity index (χ1n) is 7.45. The lowest BCUT2D eigenvalue weighted by Crippen LogP contribution is -2.31. The molecule has 0 aromatic heterocycles. The summed E-state index contributed by atoms with van der Waals surface area (Å²) in [4.78, 5) is 11.5. The molecule has 0 unspecified atom stereocenters. The van der Waals surface area contributed by atoms with Crippen molar-refractivity contribution in [1.29, 1.82) is 0 Å². The number of nitrogens with one attached hydrogen (secondary N) is 3. The number of benzene rings is 2. The fourth-order valence-electron chi connectivity index (χ4n) is 2.33. The molecule has 24 heavy (non-hydrogen) atoms. The lowest BCUT2D eigenvalue weighted by Gasteiger charge is -2.13. The number of anilines is 1. The van der Waals surface area contributed by atoms with Gasteiger partial charge in [0.1, 0.15) is 0 Å². The van der Waals surface area contributed by atoms with Gasteiger partial charge < -0.3 is 10.6 Å². The third kappa shape index (κ3) is 4.91. The zero-order chi connectivity index (χ0) is 16.9. The Balaban J connectivity index is 0.00000288. The summed E-state index contributed by atoms with van der Waals surface area (Å²) in [5, 5.41) is 7.06. The van der Waals surface area contributed by atoms with E-state index in [1.54, 1.807) is 24.3 Å². The second kappa shape index (κ2) is 8.98. The Morgan fingerprint density at radius 2 is 1.71 bits per heavy atom. The smallest absolute Gasteiger partial charge is 0.241 e. The highest BCUT2D eigenvalue weighted by Gasteiger charge is 2.18. The molecule has 1 amide bonds. The van der Waals surface area contributed by atoms with Crippen molar-refractivity contribution in [2.24, 2.45) is 0 Å². The lowest BCUT2D eigenvalue weighted by atomic mass is 10.1. The summed E-state index contributed by atoms with van der Waals surface area (Å²) in [5.74, 6) is -0.200. The molecule has 3 N–H and O–H groups in total. The molecule has 0 saturated carbocycles. The van der Waals surface area contributed by atoms with Crippen molar-refractivity contribution in [1.82, 2.24) is 10.0 Å².